The second-order valence-corrected chi connectivity index (χ2v) is 6.39. The first kappa shape index (κ1) is 16.5. The van der Waals surface area contributed by atoms with Crippen LogP contribution >= 0.6 is 0 Å². The van der Waals surface area contributed by atoms with Crippen LogP contribution in [0.3, 0.4) is 0 Å². The second-order valence-electron chi connectivity index (χ2n) is 6.39. The van der Waals surface area contributed by atoms with Crippen molar-refractivity contribution >= 4 is 5.91 Å². The van der Waals surface area contributed by atoms with Gasteiger partial charge in [-0.15, -0.1) is 0 Å². The Balaban J connectivity index is 1.66. The summed E-state index contributed by atoms with van der Waals surface area (Å²) in [4.78, 5) is 12.3. The highest BCUT2D eigenvalue weighted by Crippen LogP contribution is 2.30. The summed E-state index contributed by atoms with van der Waals surface area (Å²) in [6.07, 6.45) is 4.15. The maximum absolute atomic E-state index is 12.3. The summed E-state index contributed by atoms with van der Waals surface area (Å²) >= 11 is 0. The number of carbonyl (C=O) groups excluding carboxylic acids is 1. The van der Waals surface area contributed by atoms with Gasteiger partial charge in [0.2, 0.25) is 0 Å². The molecule has 0 unspecified atom stereocenters. The van der Waals surface area contributed by atoms with E-state index in [4.69, 9.17) is 10.5 Å². The van der Waals surface area contributed by atoms with E-state index in [9.17, 15) is 4.79 Å². The monoisotopic (exact) mass is 324 g/mol. The van der Waals surface area contributed by atoms with Crippen LogP contribution in [0, 0.1) is 0 Å². The summed E-state index contributed by atoms with van der Waals surface area (Å²) in [5.41, 5.74) is 7.69. The molecule has 1 aliphatic rings. The number of nitrogens with one attached hydrogen (secondary N) is 1. The van der Waals surface area contributed by atoms with E-state index in [0.717, 1.165) is 36.8 Å². The van der Waals surface area contributed by atoms with Gasteiger partial charge in [0, 0.05) is 12.1 Å². The molecule has 0 aromatic heterocycles. The number of ether oxygens (including phenoxy) is 1. The molecular formula is C20H24N2O2. The Kier molecular flexibility index (Phi) is 5.16. The molecular weight excluding hydrogens is 300 g/mol. The average molecular weight is 324 g/mol. The van der Waals surface area contributed by atoms with Gasteiger partial charge in [0.1, 0.15) is 5.75 Å². The van der Waals surface area contributed by atoms with Gasteiger partial charge in [-0.25, -0.2) is 0 Å². The number of hydrogen-bond acceptors (Lipinski definition) is 3. The molecule has 0 spiro atoms. The van der Waals surface area contributed by atoms with Gasteiger partial charge in [0.15, 0.2) is 6.61 Å². The lowest BCUT2D eigenvalue weighted by atomic mass is 9.98. The SMILES string of the molecule is NCC1(NC(=O)COc2ccccc2-c2ccccc2)CCCC1. The molecule has 1 aliphatic carbocycles. The standard InChI is InChI=1S/C20H24N2O2/c21-15-20(12-6-7-13-20)22-19(23)14-24-18-11-5-4-10-17(18)16-8-2-1-3-9-16/h1-5,8-11H,6-7,12-15,21H2,(H,22,23). The number of para-hydroxylation sites is 1. The lowest BCUT2D eigenvalue weighted by Gasteiger charge is -2.28. The van der Waals surface area contributed by atoms with Crippen molar-refractivity contribution < 1.29 is 9.53 Å². The lowest BCUT2D eigenvalue weighted by Crippen LogP contribution is -2.52. The van der Waals surface area contributed by atoms with Gasteiger partial charge in [0.05, 0.1) is 5.54 Å². The third-order valence-electron chi connectivity index (χ3n) is 4.69. The van der Waals surface area contributed by atoms with Gasteiger partial charge >= 0.3 is 0 Å². The summed E-state index contributed by atoms with van der Waals surface area (Å²) in [5.74, 6) is 0.609. The van der Waals surface area contributed by atoms with E-state index in [1.54, 1.807) is 0 Å². The van der Waals surface area contributed by atoms with Crippen LogP contribution in [0.4, 0.5) is 0 Å². The Labute approximate surface area is 143 Å². The van der Waals surface area contributed by atoms with E-state index < -0.39 is 0 Å². The van der Waals surface area contributed by atoms with Crippen LogP contribution in [-0.2, 0) is 4.79 Å². The third-order valence-corrected chi connectivity index (χ3v) is 4.69. The van der Waals surface area contributed by atoms with Crippen LogP contribution in [-0.4, -0.2) is 24.6 Å². The van der Waals surface area contributed by atoms with Crippen LogP contribution in [0.1, 0.15) is 25.7 Å². The van der Waals surface area contributed by atoms with Crippen molar-refractivity contribution in [3.8, 4) is 16.9 Å². The number of hydrogen-bond donors (Lipinski definition) is 2. The first-order valence-corrected chi connectivity index (χ1v) is 8.51. The number of benzene rings is 2. The molecule has 2 aromatic carbocycles. The molecule has 3 N–H and O–H groups in total. The first-order chi connectivity index (χ1) is 11.7. The van der Waals surface area contributed by atoms with E-state index in [1.807, 2.05) is 54.6 Å². The molecule has 0 bridgehead atoms. The molecule has 126 valence electrons. The highest BCUT2D eigenvalue weighted by molar-refractivity contribution is 5.79. The molecule has 0 radical (unpaired) electrons. The number of amides is 1. The fourth-order valence-corrected chi connectivity index (χ4v) is 3.36. The molecule has 0 atom stereocenters. The Morgan fingerprint density at radius 3 is 2.42 bits per heavy atom. The van der Waals surface area contributed by atoms with Crippen molar-refractivity contribution in [2.24, 2.45) is 5.73 Å². The van der Waals surface area contributed by atoms with Gasteiger partial charge in [-0.1, -0.05) is 61.4 Å². The van der Waals surface area contributed by atoms with E-state index in [-0.39, 0.29) is 18.1 Å². The minimum Gasteiger partial charge on any atom is -0.483 e. The van der Waals surface area contributed by atoms with Gasteiger partial charge in [-0.05, 0) is 24.5 Å². The lowest BCUT2D eigenvalue weighted by molar-refractivity contribution is -0.124. The summed E-state index contributed by atoms with van der Waals surface area (Å²) in [7, 11) is 0. The minimum absolute atomic E-state index is 0.00555. The maximum Gasteiger partial charge on any atom is 0.258 e. The molecule has 0 aliphatic heterocycles. The van der Waals surface area contributed by atoms with Crippen LogP contribution < -0.4 is 15.8 Å². The molecule has 24 heavy (non-hydrogen) atoms. The zero-order valence-electron chi connectivity index (χ0n) is 13.8. The zero-order chi connectivity index (χ0) is 16.8. The quantitative estimate of drug-likeness (QED) is 0.858. The van der Waals surface area contributed by atoms with Crippen molar-refractivity contribution in [3.05, 3.63) is 54.6 Å². The Bertz CT molecular complexity index is 679. The van der Waals surface area contributed by atoms with Crippen molar-refractivity contribution in [1.82, 2.24) is 5.32 Å². The van der Waals surface area contributed by atoms with Gasteiger partial charge in [-0.3, -0.25) is 4.79 Å². The van der Waals surface area contributed by atoms with E-state index >= 15 is 0 Å². The van der Waals surface area contributed by atoms with Gasteiger partial charge < -0.3 is 15.8 Å². The second kappa shape index (κ2) is 7.49. The predicted molar refractivity (Wildman–Crippen MR) is 95.8 cm³/mol. The van der Waals surface area contributed by atoms with Gasteiger partial charge in [-0.2, -0.15) is 0 Å². The van der Waals surface area contributed by atoms with Crippen LogP contribution in [0.25, 0.3) is 11.1 Å². The summed E-state index contributed by atoms with van der Waals surface area (Å²) in [5, 5.41) is 3.08. The molecule has 2 aromatic rings. The first-order valence-electron chi connectivity index (χ1n) is 8.51. The highest BCUT2D eigenvalue weighted by Gasteiger charge is 2.33. The third kappa shape index (κ3) is 3.77. The predicted octanol–water partition coefficient (Wildman–Crippen LogP) is 3.12. The summed E-state index contributed by atoms with van der Waals surface area (Å²) in [6, 6.07) is 17.8. The normalized spacial score (nSPS) is 15.9. The van der Waals surface area contributed by atoms with Crippen molar-refractivity contribution in [3.63, 3.8) is 0 Å². The Morgan fingerprint density at radius 1 is 1.04 bits per heavy atom. The van der Waals surface area contributed by atoms with E-state index in [1.165, 1.54) is 0 Å². The fourth-order valence-electron chi connectivity index (χ4n) is 3.36. The van der Waals surface area contributed by atoms with Crippen LogP contribution in [0.2, 0.25) is 0 Å². The molecule has 1 amide bonds. The number of rotatable bonds is 6. The largest absolute Gasteiger partial charge is 0.483 e. The molecule has 1 saturated carbocycles. The molecule has 1 fully saturated rings. The van der Waals surface area contributed by atoms with Crippen molar-refractivity contribution in [1.29, 1.82) is 0 Å². The van der Waals surface area contributed by atoms with Crippen LogP contribution in [0.15, 0.2) is 54.6 Å². The topological polar surface area (TPSA) is 64.3 Å². The minimum atomic E-state index is -0.237. The van der Waals surface area contributed by atoms with Crippen molar-refractivity contribution in [2.45, 2.75) is 31.2 Å². The average Bonchev–Trinajstić information content (AvgIpc) is 3.10. The van der Waals surface area contributed by atoms with Gasteiger partial charge in [0.25, 0.3) is 5.91 Å². The maximum atomic E-state index is 12.3. The molecule has 4 nitrogen and oxygen atoms in total. The van der Waals surface area contributed by atoms with Crippen LogP contribution in [0.5, 0.6) is 5.75 Å². The molecule has 0 saturated heterocycles. The number of carbonyl (C=O) groups is 1. The summed E-state index contributed by atoms with van der Waals surface area (Å²) < 4.78 is 5.80. The Hall–Kier alpha value is -2.33. The molecule has 0 heterocycles. The number of nitrogens with two attached hydrogens (primary N) is 1. The smallest absolute Gasteiger partial charge is 0.258 e. The van der Waals surface area contributed by atoms with Crippen molar-refractivity contribution in [2.75, 3.05) is 13.2 Å². The highest BCUT2D eigenvalue weighted by atomic mass is 16.5. The van der Waals surface area contributed by atoms with E-state index in [0.29, 0.717) is 12.3 Å². The Morgan fingerprint density at radius 2 is 1.71 bits per heavy atom. The molecule has 3 rings (SSSR count). The van der Waals surface area contributed by atoms with E-state index in [2.05, 4.69) is 5.32 Å². The fraction of sp³-hybridized carbons (Fsp3) is 0.350. The molecule has 4 heteroatoms. The zero-order valence-corrected chi connectivity index (χ0v) is 13.8. The summed E-state index contributed by atoms with van der Waals surface area (Å²) in [6.45, 7) is 0.491.